The van der Waals surface area contributed by atoms with Crippen molar-refractivity contribution in [3.63, 3.8) is 0 Å². The van der Waals surface area contributed by atoms with Gasteiger partial charge in [-0.25, -0.2) is 4.98 Å². The molecule has 11 aromatic carbocycles. The van der Waals surface area contributed by atoms with Gasteiger partial charge in [0.05, 0.1) is 60.9 Å². The standard InChI is InChI=1S/C85H76N4OSi/c1-58-48-81(86-56-75(58)59-28-15-11-16-29-59)89-76-42-24-23-40-73(76)74-46-45-68(55-78(74)89)90-67-33-26-32-66(54-67)87-57-88(77-47-44-60(52-79(77)87)62-50-64(84(5,6)7)53-65(51-62)85(8,9)10)82-72(61-30-25-31-63(49-61)83(2,3)4)41-27-43-80(82)91(69-34-17-12-18-35-69,70-36-19-13-20-37-70)71-38-21-14-22-39-71/h11-56H,1-10H3/i1D3,11D,12D,13D,14D,15D,16D,17D,18D,19D,20D,21D,22D,28D,29D,34D,35D,36D,37D,38D,39D. The molecule has 0 spiro atoms. The maximum absolute atomic E-state index is 10.2. The first-order valence-corrected chi connectivity index (χ1v) is 31.9. The molecule has 14 rings (SSSR count). The lowest BCUT2D eigenvalue weighted by atomic mass is 9.79. The molecule has 0 unspecified atom stereocenters. The first kappa shape index (κ1) is 37.8. The summed E-state index contributed by atoms with van der Waals surface area (Å²) in [6, 6.07) is 29.2. The Morgan fingerprint density at radius 3 is 1.70 bits per heavy atom. The van der Waals surface area contributed by atoms with Crippen molar-refractivity contribution in [3.8, 4) is 62.1 Å². The van der Waals surface area contributed by atoms with Crippen LogP contribution in [0.15, 0.2) is 279 Å². The fourth-order valence-electron chi connectivity index (χ4n) is 12.1. The van der Waals surface area contributed by atoms with Gasteiger partial charge in [0, 0.05) is 32.7 Å². The van der Waals surface area contributed by atoms with E-state index in [-0.39, 0.29) is 50.0 Å². The molecule has 14 aromatic rings. The third-order valence-corrected chi connectivity index (χ3v) is 21.0. The van der Waals surface area contributed by atoms with Crippen LogP contribution in [0.5, 0.6) is 11.5 Å². The van der Waals surface area contributed by atoms with Crippen molar-refractivity contribution in [1.29, 1.82) is 0 Å². The first-order valence-electron chi connectivity index (χ1n) is 41.4. The Morgan fingerprint density at radius 1 is 0.462 bits per heavy atom. The Labute approximate surface area is 569 Å². The van der Waals surface area contributed by atoms with Crippen molar-refractivity contribution in [2.75, 3.05) is 0 Å². The minimum Gasteiger partial charge on any atom is -0.458 e. The van der Waals surface area contributed by atoms with Crippen LogP contribution >= 0.6 is 0 Å². The van der Waals surface area contributed by atoms with Gasteiger partial charge in [-0.15, -0.1) is 0 Å². The van der Waals surface area contributed by atoms with Crippen LogP contribution in [0, 0.1) is 13.2 Å². The summed E-state index contributed by atoms with van der Waals surface area (Å²) in [6.45, 7) is 16.0. The van der Waals surface area contributed by atoms with E-state index in [2.05, 4.69) is 66.1 Å². The quantitative estimate of drug-likeness (QED) is 0.0529. The van der Waals surface area contributed by atoms with Gasteiger partial charge in [-0.05, 0) is 142 Å². The highest BCUT2D eigenvalue weighted by molar-refractivity contribution is 7.20. The van der Waals surface area contributed by atoms with Crippen LogP contribution in [0.2, 0.25) is 0 Å². The van der Waals surface area contributed by atoms with E-state index < -0.39 is 157 Å². The summed E-state index contributed by atoms with van der Waals surface area (Å²) in [6.07, 6.45) is 4.90. The van der Waals surface area contributed by atoms with Gasteiger partial charge in [0.25, 0.3) is 6.33 Å². The maximum Gasteiger partial charge on any atom is 0.269 e. The van der Waals surface area contributed by atoms with Gasteiger partial charge in [-0.2, -0.15) is 0 Å². The number of pyridine rings is 1. The molecule has 91 heavy (non-hydrogen) atoms. The van der Waals surface area contributed by atoms with Gasteiger partial charge in [0.15, 0.2) is 8.07 Å². The summed E-state index contributed by atoms with van der Waals surface area (Å²) in [4.78, 5) is 4.77. The van der Waals surface area contributed by atoms with E-state index in [1.54, 1.807) is 56.2 Å². The number of rotatable bonds is 12. The number of aromatic nitrogens is 4. The molecule has 0 fully saturated rings. The SMILES string of the molecule is [2H]c1c([2H])c([2H])c(-c2cnc(-n3c4ccccc4c4ccc(Oc5cccc(-n6[c-][n+](-c7c(-c8cccc(C(C)(C)C)c8)cccc7[Si](c7c([2H])c([2H])c([2H])c([2H])c7[2H])(c7c([2H])c([2H])c([2H])c([2H])c7[2H])c7c([2H])c([2H])c([2H])c([2H])c7[2H])c7ccc(-c8cc(C(C)(C)C)cc(C(C)(C)C)c8)cc76)c5)cc43)cc2C([2H])([2H])[2H])c([2H])c1[2H]. The predicted octanol–water partition coefficient (Wildman–Crippen LogP) is 18.6. The van der Waals surface area contributed by atoms with Gasteiger partial charge in [0.2, 0.25) is 0 Å². The average Bonchev–Trinajstić information content (AvgIpc) is 1.41. The zero-order valence-corrected chi connectivity index (χ0v) is 52.7. The fourth-order valence-corrected chi connectivity index (χ4v) is 16.1. The lowest BCUT2D eigenvalue weighted by Gasteiger charge is -2.37. The summed E-state index contributed by atoms with van der Waals surface area (Å²) in [7, 11) is -5.91. The third-order valence-electron chi connectivity index (χ3n) is 16.8. The molecule has 0 aliphatic carbocycles. The molecule has 0 amide bonds. The lowest BCUT2D eigenvalue weighted by molar-refractivity contribution is -0.570. The topological polar surface area (TPSA) is 35.9 Å². The molecule has 0 aliphatic rings. The first-order chi connectivity index (χ1) is 53.4. The number of nitrogens with zero attached hydrogens (tertiary/aromatic N) is 4. The Hall–Kier alpha value is -10.1. The van der Waals surface area contributed by atoms with Gasteiger partial charge < -0.3 is 4.74 Å². The highest BCUT2D eigenvalue weighted by atomic mass is 28.3. The number of hydrogen-bond acceptors (Lipinski definition) is 2. The molecular formula is C85H76N4OSi. The van der Waals surface area contributed by atoms with Crippen LogP contribution in [0.1, 0.15) is 116 Å². The van der Waals surface area contributed by atoms with E-state index in [4.69, 9.17) is 24.8 Å². The molecule has 3 aromatic heterocycles. The van der Waals surface area contributed by atoms with Crippen LogP contribution in [-0.2, 0) is 16.2 Å². The fraction of sp³-hybridized carbons (Fsp3) is 0.153. The highest BCUT2D eigenvalue weighted by Crippen LogP contribution is 2.40. The normalized spacial score (nSPS) is 16.0. The van der Waals surface area contributed by atoms with Crippen molar-refractivity contribution in [2.45, 2.75) is 85.4 Å². The molecule has 0 N–H and O–H groups in total. The van der Waals surface area contributed by atoms with Crippen molar-refractivity contribution < 1.29 is 40.8 Å². The van der Waals surface area contributed by atoms with Crippen molar-refractivity contribution in [3.05, 3.63) is 307 Å². The average molecular weight is 1220 g/mol. The van der Waals surface area contributed by atoms with E-state index in [0.717, 1.165) is 38.6 Å². The van der Waals surface area contributed by atoms with Gasteiger partial charge >= 0.3 is 0 Å². The smallest absolute Gasteiger partial charge is 0.269 e. The van der Waals surface area contributed by atoms with Crippen LogP contribution in [0.3, 0.4) is 0 Å². The molecule has 0 saturated carbocycles. The van der Waals surface area contributed by atoms with E-state index in [1.807, 2.05) is 99.6 Å². The van der Waals surface area contributed by atoms with Gasteiger partial charge in [-0.3, -0.25) is 13.7 Å². The van der Waals surface area contributed by atoms with Gasteiger partial charge in [-0.1, -0.05) is 280 Å². The minimum atomic E-state index is -5.91. The molecule has 0 aliphatic heterocycles. The van der Waals surface area contributed by atoms with E-state index in [9.17, 15) is 16.4 Å². The summed E-state index contributed by atoms with van der Waals surface area (Å²) in [5.74, 6) is 0.709. The van der Waals surface area contributed by atoms with Crippen LogP contribution in [0.25, 0.3) is 83.4 Å². The molecule has 0 bridgehead atoms. The van der Waals surface area contributed by atoms with Crippen molar-refractivity contribution in [2.24, 2.45) is 0 Å². The zero-order valence-electron chi connectivity index (χ0n) is 74.7. The second-order valence-corrected chi connectivity index (χ2v) is 29.3. The Kier molecular flexibility index (Phi) is 9.55. The number of benzene rings is 11. The number of aryl methyl sites for hydroxylation is 1. The van der Waals surface area contributed by atoms with E-state index in [0.29, 0.717) is 44.6 Å². The molecule has 446 valence electrons. The second-order valence-electron chi connectivity index (χ2n) is 25.8. The molecule has 3 heterocycles. The maximum atomic E-state index is 10.2. The number of hydrogen-bond donors (Lipinski definition) is 0. The number of imidazole rings is 1. The molecule has 0 saturated heterocycles. The Bertz CT molecular complexity index is 6110. The van der Waals surface area contributed by atoms with Gasteiger partial charge in [0.1, 0.15) is 17.3 Å². The van der Waals surface area contributed by atoms with Crippen LogP contribution in [-0.4, -0.2) is 22.2 Å². The summed E-state index contributed by atoms with van der Waals surface area (Å²) in [5, 5.41) is -0.658. The highest BCUT2D eigenvalue weighted by Gasteiger charge is 2.44. The molecule has 0 atom stereocenters. The Balaban J connectivity index is 1.09. The second kappa shape index (κ2) is 23.0. The zero-order chi connectivity index (χ0) is 82.7. The molecule has 5 nitrogen and oxygen atoms in total. The van der Waals surface area contributed by atoms with E-state index >= 15 is 0 Å². The predicted molar refractivity (Wildman–Crippen MR) is 383 cm³/mol. The number of ether oxygens (including phenoxy) is 1. The van der Waals surface area contributed by atoms with Crippen LogP contribution < -0.4 is 30.1 Å². The largest absolute Gasteiger partial charge is 0.458 e. The molecule has 0 radical (unpaired) electrons. The summed E-state index contributed by atoms with van der Waals surface area (Å²) < 4.78 is 226. The minimum absolute atomic E-state index is 0.0576. The lowest BCUT2D eigenvalue weighted by Crippen LogP contribution is -2.76. The van der Waals surface area contributed by atoms with Crippen molar-refractivity contribution >= 4 is 61.7 Å². The monoisotopic (exact) mass is 1220 g/mol. The number of para-hydroxylation sites is 2. The van der Waals surface area contributed by atoms with Crippen molar-refractivity contribution in [1.82, 2.24) is 14.1 Å². The third kappa shape index (κ3) is 10.8. The summed E-state index contributed by atoms with van der Waals surface area (Å²) >= 11 is 0. The Morgan fingerprint density at radius 2 is 1.05 bits per heavy atom. The number of fused-ring (bicyclic) bond motifs is 4. The molecular weight excluding hydrogens is 1120 g/mol. The summed E-state index contributed by atoms with van der Waals surface area (Å²) in [5.41, 5.74) is 5.88. The van der Waals surface area contributed by atoms with Crippen LogP contribution in [0.4, 0.5) is 0 Å². The van der Waals surface area contributed by atoms with E-state index in [1.165, 1.54) is 18.3 Å². The molecule has 6 heteroatoms.